The van der Waals surface area contributed by atoms with E-state index in [1.165, 1.54) is 19.3 Å². The highest BCUT2D eigenvalue weighted by molar-refractivity contribution is 6.33. The van der Waals surface area contributed by atoms with Crippen LogP contribution >= 0.6 is 11.6 Å². The van der Waals surface area contributed by atoms with Gasteiger partial charge in [-0.05, 0) is 50.6 Å². The largest absolute Gasteiger partial charge is 0.370 e. The lowest BCUT2D eigenvalue weighted by molar-refractivity contribution is 0.248. The molecule has 1 aliphatic heterocycles. The first-order valence-electron chi connectivity index (χ1n) is 8.95. The van der Waals surface area contributed by atoms with Gasteiger partial charge in [-0.3, -0.25) is 0 Å². The van der Waals surface area contributed by atoms with Crippen molar-refractivity contribution < 1.29 is 4.79 Å². The van der Waals surface area contributed by atoms with Crippen molar-refractivity contribution in [2.24, 2.45) is 0 Å². The van der Waals surface area contributed by atoms with Crippen LogP contribution in [0.5, 0.6) is 0 Å². The molecule has 0 aliphatic carbocycles. The lowest BCUT2D eigenvalue weighted by Gasteiger charge is -2.29. The molecule has 0 bridgehead atoms. The fourth-order valence-electron chi connectivity index (χ4n) is 3.02. The maximum atomic E-state index is 12.0. The van der Waals surface area contributed by atoms with Gasteiger partial charge >= 0.3 is 6.03 Å². The van der Waals surface area contributed by atoms with Crippen molar-refractivity contribution in [3.8, 4) is 0 Å². The average Bonchev–Trinajstić information content (AvgIpc) is 2.59. The third-order valence-electron chi connectivity index (χ3n) is 4.51. The summed E-state index contributed by atoms with van der Waals surface area (Å²) in [5, 5.41) is 6.43. The standard InChI is InChI=1S/C18H29ClN4O/c1-3-22(4-2)13-10-20-18(24)21-15-8-9-17(16(19)14-15)23-11-6-5-7-12-23/h8-9,14H,3-7,10-13H2,1-2H3,(H2,20,21,24). The third kappa shape index (κ3) is 5.56. The van der Waals surface area contributed by atoms with E-state index in [4.69, 9.17) is 11.6 Å². The lowest BCUT2D eigenvalue weighted by atomic mass is 10.1. The molecule has 2 amide bonds. The number of rotatable bonds is 7. The zero-order valence-corrected chi connectivity index (χ0v) is 15.5. The summed E-state index contributed by atoms with van der Waals surface area (Å²) in [7, 11) is 0. The summed E-state index contributed by atoms with van der Waals surface area (Å²) >= 11 is 6.41. The van der Waals surface area contributed by atoms with Gasteiger partial charge in [0.05, 0.1) is 10.7 Å². The minimum Gasteiger partial charge on any atom is -0.370 e. The minimum atomic E-state index is -0.191. The Balaban J connectivity index is 1.84. The van der Waals surface area contributed by atoms with Crippen LogP contribution in [0.15, 0.2) is 18.2 Å². The maximum Gasteiger partial charge on any atom is 0.319 e. The van der Waals surface area contributed by atoms with Crippen molar-refractivity contribution in [2.75, 3.05) is 49.5 Å². The predicted octanol–water partition coefficient (Wildman–Crippen LogP) is 3.79. The summed E-state index contributed by atoms with van der Waals surface area (Å²) in [5.74, 6) is 0. The van der Waals surface area contributed by atoms with Gasteiger partial charge in [-0.25, -0.2) is 4.79 Å². The number of amides is 2. The van der Waals surface area contributed by atoms with Crippen molar-refractivity contribution in [1.82, 2.24) is 10.2 Å². The molecule has 1 aromatic carbocycles. The number of nitrogens with one attached hydrogen (secondary N) is 2. The van der Waals surface area contributed by atoms with Gasteiger partial charge in [0, 0.05) is 31.9 Å². The number of hydrogen-bond acceptors (Lipinski definition) is 3. The van der Waals surface area contributed by atoms with Gasteiger partial charge in [0.1, 0.15) is 0 Å². The normalized spacial score (nSPS) is 14.8. The first-order chi connectivity index (χ1) is 11.6. The molecule has 2 rings (SSSR count). The Bertz CT molecular complexity index is 528. The summed E-state index contributed by atoms with van der Waals surface area (Å²) in [5.41, 5.74) is 1.78. The Morgan fingerprint density at radius 3 is 2.54 bits per heavy atom. The van der Waals surface area contributed by atoms with Gasteiger partial charge in [0.15, 0.2) is 0 Å². The predicted molar refractivity (Wildman–Crippen MR) is 102 cm³/mol. The van der Waals surface area contributed by atoms with Gasteiger partial charge in [0.25, 0.3) is 0 Å². The molecule has 6 heteroatoms. The summed E-state index contributed by atoms with van der Waals surface area (Å²) in [6.45, 7) is 9.82. The first-order valence-corrected chi connectivity index (χ1v) is 9.33. The molecular formula is C18H29ClN4O. The van der Waals surface area contributed by atoms with E-state index in [1.807, 2.05) is 18.2 Å². The van der Waals surface area contributed by atoms with Crippen LogP contribution in [0.2, 0.25) is 5.02 Å². The highest BCUT2D eigenvalue weighted by Crippen LogP contribution is 2.30. The Labute approximate surface area is 150 Å². The van der Waals surface area contributed by atoms with E-state index in [1.54, 1.807) is 0 Å². The summed E-state index contributed by atoms with van der Waals surface area (Å²) in [4.78, 5) is 16.6. The smallest absolute Gasteiger partial charge is 0.319 e. The SMILES string of the molecule is CCN(CC)CCNC(=O)Nc1ccc(N2CCCCC2)c(Cl)c1. The van der Waals surface area contributed by atoms with Crippen molar-refractivity contribution >= 4 is 29.0 Å². The third-order valence-corrected chi connectivity index (χ3v) is 4.81. The molecule has 0 atom stereocenters. The van der Waals surface area contributed by atoms with E-state index < -0.39 is 0 Å². The maximum absolute atomic E-state index is 12.0. The molecule has 0 saturated carbocycles. The van der Waals surface area contributed by atoms with Crippen molar-refractivity contribution in [3.63, 3.8) is 0 Å². The zero-order chi connectivity index (χ0) is 17.4. The summed E-state index contributed by atoms with van der Waals surface area (Å²) in [6.07, 6.45) is 3.72. The number of urea groups is 1. The number of carbonyl (C=O) groups is 1. The van der Waals surface area contributed by atoms with E-state index in [9.17, 15) is 4.79 Å². The van der Waals surface area contributed by atoms with Crippen LogP contribution in [0.25, 0.3) is 0 Å². The Kier molecular flexibility index (Phi) is 7.66. The van der Waals surface area contributed by atoms with Crippen LogP contribution in [0.4, 0.5) is 16.2 Å². The van der Waals surface area contributed by atoms with E-state index in [2.05, 4.69) is 34.3 Å². The quantitative estimate of drug-likeness (QED) is 0.784. The van der Waals surface area contributed by atoms with Crippen LogP contribution in [0.3, 0.4) is 0 Å². The monoisotopic (exact) mass is 352 g/mol. The molecule has 2 N–H and O–H groups in total. The average molecular weight is 353 g/mol. The summed E-state index contributed by atoms with van der Waals surface area (Å²) < 4.78 is 0. The molecule has 0 unspecified atom stereocenters. The molecular weight excluding hydrogens is 324 g/mol. The fourth-order valence-corrected chi connectivity index (χ4v) is 3.32. The van der Waals surface area contributed by atoms with E-state index in [0.29, 0.717) is 11.6 Å². The number of halogens is 1. The van der Waals surface area contributed by atoms with Gasteiger partial charge < -0.3 is 20.4 Å². The zero-order valence-electron chi connectivity index (χ0n) is 14.8. The van der Waals surface area contributed by atoms with Crippen molar-refractivity contribution in [1.29, 1.82) is 0 Å². The van der Waals surface area contributed by atoms with E-state index >= 15 is 0 Å². The lowest BCUT2D eigenvalue weighted by Crippen LogP contribution is -2.36. The molecule has 1 aromatic rings. The van der Waals surface area contributed by atoms with Crippen LogP contribution < -0.4 is 15.5 Å². The molecule has 5 nitrogen and oxygen atoms in total. The van der Waals surface area contributed by atoms with Crippen LogP contribution in [0.1, 0.15) is 33.1 Å². The number of carbonyl (C=O) groups excluding carboxylic acids is 1. The molecule has 24 heavy (non-hydrogen) atoms. The topological polar surface area (TPSA) is 47.6 Å². The second kappa shape index (κ2) is 9.74. The van der Waals surface area contributed by atoms with Gasteiger partial charge in [-0.2, -0.15) is 0 Å². The molecule has 1 heterocycles. The van der Waals surface area contributed by atoms with Crippen LogP contribution in [0, 0.1) is 0 Å². The van der Waals surface area contributed by atoms with Crippen LogP contribution in [-0.4, -0.2) is 50.2 Å². The molecule has 0 radical (unpaired) electrons. The number of hydrogen-bond donors (Lipinski definition) is 2. The van der Waals surface area contributed by atoms with Gasteiger partial charge in [0.2, 0.25) is 0 Å². The second-order valence-corrected chi connectivity index (χ2v) is 6.53. The second-order valence-electron chi connectivity index (χ2n) is 6.12. The Morgan fingerprint density at radius 1 is 1.21 bits per heavy atom. The number of nitrogens with zero attached hydrogens (tertiary/aromatic N) is 2. The van der Waals surface area contributed by atoms with Crippen molar-refractivity contribution in [3.05, 3.63) is 23.2 Å². The van der Waals surface area contributed by atoms with E-state index in [-0.39, 0.29) is 6.03 Å². The molecule has 134 valence electrons. The number of benzene rings is 1. The van der Waals surface area contributed by atoms with Gasteiger partial charge in [-0.1, -0.05) is 25.4 Å². The van der Waals surface area contributed by atoms with Crippen LogP contribution in [-0.2, 0) is 0 Å². The summed E-state index contributed by atoms with van der Waals surface area (Å²) in [6, 6.07) is 5.55. The highest BCUT2D eigenvalue weighted by Gasteiger charge is 2.14. The molecule has 1 saturated heterocycles. The van der Waals surface area contributed by atoms with Crippen molar-refractivity contribution in [2.45, 2.75) is 33.1 Å². The Morgan fingerprint density at radius 2 is 1.92 bits per heavy atom. The number of anilines is 2. The number of likely N-dealkylation sites (N-methyl/N-ethyl adjacent to an activating group) is 1. The fraction of sp³-hybridized carbons (Fsp3) is 0.611. The molecule has 1 fully saturated rings. The van der Waals surface area contributed by atoms with Gasteiger partial charge in [-0.15, -0.1) is 0 Å². The highest BCUT2D eigenvalue weighted by atomic mass is 35.5. The number of piperidine rings is 1. The molecule has 0 aromatic heterocycles. The molecule has 0 spiro atoms. The minimum absolute atomic E-state index is 0.191. The first kappa shape index (κ1) is 18.9. The van der Waals surface area contributed by atoms with E-state index in [0.717, 1.165) is 44.1 Å². The molecule has 1 aliphatic rings. The Hall–Kier alpha value is -1.46.